The van der Waals surface area contributed by atoms with E-state index in [2.05, 4.69) is 9.97 Å². The van der Waals surface area contributed by atoms with Crippen molar-refractivity contribution >= 4 is 10.0 Å². The molecule has 3 rings (SSSR count). The van der Waals surface area contributed by atoms with Crippen LogP contribution in [-0.2, 0) is 16.4 Å². The Kier molecular flexibility index (Phi) is 3.09. The van der Waals surface area contributed by atoms with Crippen LogP contribution in [0.1, 0.15) is 49.3 Å². The number of sulfonamides is 1. The van der Waals surface area contributed by atoms with E-state index in [0.717, 1.165) is 36.3 Å². The molecule has 3 heterocycles. The molecule has 104 valence electrons. The van der Waals surface area contributed by atoms with Crippen LogP contribution in [0, 0.1) is 6.92 Å². The minimum absolute atomic E-state index is 0.0362. The summed E-state index contributed by atoms with van der Waals surface area (Å²) < 4.78 is 26.6. The van der Waals surface area contributed by atoms with E-state index in [1.54, 1.807) is 4.31 Å². The van der Waals surface area contributed by atoms with Gasteiger partial charge in [-0.2, -0.15) is 4.31 Å². The number of fused-ring (bicyclic) bond motifs is 4. The van der Waals surface area contributed by atoms with Crippen molar-refractivity contribution in [3.63, 3.8) is 0 Å². The molecule has 6 heteroatoms. The van der Waals surface area contributed by atoms with E-state index in [9.17, 15) is 8.42 Å². The lowest BCUT2D eigenvalue weighted by Crippen LogP contribution is -2.43. The van der Waals surface area contributed by atoms with E-state index in [1.165, 1.54) is 0 Å². The van der Waals surface area contributed by atoms with E-state index in [1.807, 2.05) is 20.0 Å². The molecule has 0 amide bonds. The molecule has 19 heavy (non-hydrogen) atoms. The highest BCUT2D eigenvalue weighted by Gasteiger charge is 2.46. The van der Waals surface area contributed by atoms with Crippen molar-refractivity contribution in [1.82, 2.24) is 14.3 Å². The Morgan fingerprint density at radius 1 is 1.42 bits per heavy atom. The zero-order valence-corrected chi connectivity index (χ0v) is 12.2. The van der Waals surface area contributed by atoms with Gasteiger partial charge in [0.25, 0.3) is 0 Å². The predicted molar refractivity (Wildman–Crippen MR) is 72.2 cm³/mol. The second kappa shape index (κ2) is 4.52. The van der Waals surface area contributed by atoms with Gasteiger partial charge in [0.05, 0.1) is 17.5 Å². The highest BCUT2D eigenvalue weighted by Crippen LogP contribution is 2.44. The van der Waals surface area contributed by atoms with E-state index in [0.29, 0.717) is 6.42 Å². The first-order valence-corrected chi connectivity index (χ1v) is 8.47. The number of hydrogen-bond donors (Lipinski definition) is 0. The van der Waals surface area contributed by atoms with E-state index in [-0.39, 0.29) is 17.8 Å². The fourth-order valence-corrected chi connectivity index (χ4v) is 5.29. The summed E-state index contributed by atoms with van der Waals surface area (Å²) in [5.74, 6) is 1.00. The van der Waals surface area contributed by atoms with Gasteiger partial charge < -0.3 is 0 Å². The zero-order chi connectivity index (χ0) is 13.6. The lowest BCUT2D eigenvalue weighted by atomic mass is 10.0. The monoisotopic (exact) mass is 281 g/mol. The molecule has 1 fully saturated rings. The molecular weight excluding hydrogens is 262 g/mol. The fourth-order valence-electron chi connectivity index (χ4n) is 3.32. The second-order valence-corrected chi connectivity index (χ2v) is 7.41. The van der Waals surface area contributed by atoms with Gasteiger partial charge in [-0.3, -0.25) is 0 Å². The molecule has 2 aliphatic heterocycles. The Bertz CT molecular complexity index is 600. The van der Waals surface area contributed by atoms with Gasteiger partial charge in [-0.15, -0.1) is 0 Å². The molecule has 2 atom stereocenters. The van der Waals surface area contributed by atoms with Crippen molar-refractivity contribution in [2.75, 3.05) is 5.75 Å². The van der Waals surface area contributed by atoms with Crippen molar-refractivity contribution < 1.29 is 8.42 Å². The molecule has 5 nitrogen and oxygen atoms in total. The Morgan fingerprint density at radius 3 is 2.95 bits per heavy atom. The summed E-state index contributed by atoms with van der Waals surface area (Å²) in [6, 6.07) is 0.0641. The molecule has 0 spiro atoms. The fraction of sp³-hybridized carbons (Fsp3) is 0.692. The Morgan fingerprint density at radius 2 is 2.21 bits per heavy atom. The third-order valence-corrected chi connectivity index (χ3v) is 6.15. The summed E-state index contributed by atoms with van der Waals surface area (Å²) >= 11 is 0. The van der Waals surface area contributed by atoms with Crippen molar-refractivity contribution in [3.05, 3.63) is 23.3 Å². The molecule has 0 aromatic carbocycles. The maximum Gasteiger partial charge on any atom is 0.214 e. The first-order valence-electron chi connectivity index (χ1n) is 6.86. The molecule has 2 aliphatic rings. The summed E-state index contributed by atoms with van der Waals surface area (Å²) in [5.41, 5.74) is 2.06. The van der Waals surface area contributed by atoms with Crippen molar-refractivity contribution in [2.45, 2.75) is 51.6 Å². The smallest absolute Gasteiger partial charge is 0.214 e. The maximum atomic E-state index is 12.4. The van der Waals surface area contributed by atoms with Crippen LogP contribution in [-0.4, -0.2) is 34.5 Å². The lowest BCUT2D eigenvalue weighted by Gasteiger charge is -2.34. The van der Waals surface area contributed by atoms with Gasteiger partial charge in [0, 0.05) is 24.2 Å². The normalized spacial score (nSPS) is 26.4. The Labute approximate surface area is 114 Å². The van der Waals surface area contributed by atoms with Gasteiger partial charge in [-0.05, 0) is 26.2 Å². The standard InChI is InChI=1S/C13H19N3O2S/c1-3-6-19(17,18)16-10-4-5-13(16)11-8-14-9(2)15-12(11)7-10/h8,10,13H,3-7H2,1-2H3/t10-,13+/m0/s1. The molecule has 1 aromatic heterocycles. The van der Waals surface area contributed by atoms with Crippen LogP contribution >= 0.6 is 0 Å². The first kappa shape index (κ1) is 13.0. The Balaban J connectivity index is 2.02. The summed E-state index contributed by atoms with van der Waals surface area (Å²) in [5, 5.41) is 0. The third kappa shape index (κ3) is 2.07. The second-order valence-electron chi connectivity index (χ2n) is 5.42. The molecule has 0 saturated carbocycles. The van der Waals surface area contributed by atoms with E-state index < -0.39 is 10.0 Å². The van der Waals surface area contributed by atoms with Gasteiger partial charge in [-0.1, -0.05) is 6.92 Å². The topological polar surface area (TPSA) is 63.2 Å². The SMILES string of the molecule is CCCS(=O)(=O)N1[C@H]2CC[C@@H]1c1cnc(C)nc1C2. The number of rotatable bonds is 3. The average molecular weight is 281 g/mol. The van der Waals surface area contributed by atoms with Crippen LogP contribution in [0.5, 0.6) is 0 Å². The van der Waals surface area contributed by atoms with Crippen LogP contribution in [0.4, 0.5) is 0 Å². The molecule has 2 bridgehead atoms. The summed E-state index contributed by atoms with van der Waals surface area (Å²) in [7, 11) is -3.14. The van der Waals surface area contributed by atoms with E-state index >= 15 is 0 Å². The lowest BCUT2D eigenvalue weighted by molar-refractivity contribution is 0.300. The molecular formula is C13H19N3O2S. The highest BCUT2D eigenvalue weighted by molar-refractivity contribution is 7.89. The van der Waals surface area contributed by atoms with Crippen LogP contribution in [0.2, 0.25) is 0 Å². The number of hydrogen-bond acceptors (Lipinski definition) is 4. The average Bonchev–Trinajstić information content (AvgIpc) is 2.66. The van der Waals surface area contributed by atoms with Crippen LogP contribution < -0.4 is 0 Å². The number of aromatic nitrogens is 2. The van der Waals surface area contributed by atoms with Crippen molar-refractivity contribution in [1.29, 1.82) is 0 Å². The van der Waals surface area contributed by atoms with Crippen LogP contribution in [0.3, 0.4) is 0 Å². The van der Waals surface area contributed by atoms with Crippen molar-refractivity contribution in [2.24, 2.45) is 0 Å². The number of nitrogens with zero attached hydrogens (tertiary/aromatic N) is 3. The van der Waals surface area contributed by atoms with Crippen molar-refractivity contribution in [3.8, 4) is 0 Å². The molecule has 1 saturated heterocycles. The minimum atomic E-state index is -3.14. The molecule has 0 radical (unpaired) electrons. The third-order valence-electron chi connectivity index (χ3n) is 4.03. The van der Waals surface area contributed by atoms with Gasteiger partial charge in [0.1, 0.15) is 5.82 Å². The van der Waals surface area contributed by atoms with Gasteiger partial charge >= 0.3 is 0 Å². The minimum Gasteiger partial charge on any atom is -0.241 e. The van der Waals surface area contributed by atoms with Gasteiger partial charge in [0.2, 0.25) is 10.0 Å². The molecule has 0 unspecified atom stereocenters. The zero-order valence-electron chi connectivity index (χ0n) is 11.3. The summed E-state index contributed by atoms with van der Waals surface area (Å²) in [6.07, 6.45) is 5.04. The summed E-state index contributed by atoms with van der Waals surface area (Å²) in [6.45, 7) is 3.78. The first-order chi connectivity index (χ1) is 9.03. The largest absolute Gasteiger partial charge is 0.241 e. The van der Waals surface area contributed by atoms with E-state index in [4.69, 9.17) is 0 Å². The number of aryl methyl sites for hydroxylation is 1. The predicted octanol–water partition coefficient (Wildman–Crippen LogP) is 1.59. The highest BCUT2D eigenvalue weighted by atomic mass is 32.2. The molecule has 0 aliphatic carbocycles. The van der Waals surface area contributed by atoms with Crippen LogP contribution in [0.15, 0.2) is 6.20 Å². The van der Waals surface area contributed by atoms with Crippen LogP contribution in [0.25, 0.3) is 0 Å². The molecule has 0 N–H and O–H groups in total. The molecule has 1 aromatic rings. The maximum absolute atomic E-state index is 12.4. The Hall–Kier alpha value is -1.01. The quantitative estimate of drug-likeness (QED) is 0.844. The van der Waals surface area contributed by atoms with Gasteiger partial charge in [-0.25, -0.2) is 18.4 Å². The summed E-state index contributed by atoms with van der Waals surface area (Å²) in [4.78, 5) is 8.72. The van der Waals surface area contributed by atoms with Gasteiger partial charge in [0.15, 0.2) is 0 Å².